The molecule has 0 fully saturated rings. The zero-order chi connectivity index (χ0) is 14.9. The molecule has 4 heteroatoms. The summed E-state index contributed by atoms with van der Waals surface area (Å²) >= 11 is 0. The highest BCUT2D eigenvalue weighted by Crippen LogP contribution is 2.46. The van der Waals surface area contributed by atoms with Gasteiger partial charge in [0.15, 0.2) is 0 Å². The summed E-state index contributed by atoms with van der Waals surface area (Å²) in [7, 11) is 0. The predicted octanol–water partition coefficient (Wildman–Crippen LogP) is 2.54. The maximum atomic E-state index is 14.0. The lowest BCUT2D eigenvalue weighted by atomic mass is 9.69. The predicted molar refractivity (Wildman–Crippen MR) is 78.6 cm³/mol. The van der Waals surface area contributed by atoms with E-state index in [1.165, 1.54) is 6.07 Å². The van der Waals surface area contributed by atoms with E-state index in [-0.39, 0.29) is 12.1 Å². The lowest BCUT2D eigenvalue weighted by Gasteiger charge is -2.41. The van der Waals surface area contributed by atoms with Gasteiger partial charge in [-0.05, 0) is 18.6 Å². The third-order valence-electron chi connectivity index (χ3n) is 4.32. The van der Waals surface area contributed by atoms with Crippen LogP contribution in [0.2, 0.25) is 0 Å². The topological polar surface area (TPSA) is 55.5 Å². The summed E-state index contributed by atoms with van der Waals surface area (Å²) in [4.78, 5) is 0. The first-order valence-corrected chi connectivity index (χ1v) is 7.04. The lowest BCUT2D eigenvalue weighted by molar-refractivity contribution is 0.0509. The molecule has 0 saturated heterocycles. The summed E-state index contributed by atoms with van der Waals surface area (Å²) < 4.78 is 19.7. The van der Waals surface area contributed by atoms with Gasteiger partial charge in [-0.1, -0.05) is 36.4 Å². The number of halogens is 1. The molecular formula is C17H18FNO2. The maximum absolute atomic E-state index is 14.0. The fraction of sp³-hybridized carbons (Fsp3) is 0.294. The monoisotopic (exact) mass is 287 g/mol. The number of aliphatic hydroxyl groups is 1. The van der Waals surface area contributed by atoms with Crippen molar-refractivity contribution in [2.45, 2.75) is 17.9 Å². The Hall–Kier alpha value is -1.91. The zero-order valence-electron chi connectivity index (χ0n) is 11.6. The molecule has 2 aromatic rings. The van der Waals surface area contributed by atoms with Crippen molar-refractivity contribution < 1.29 is 14.2 Å². The van der Waals surface area contributed by atoms with E-state index in [2.05, 4.69) is 0 Å². The Kier molecular flexibility index (Phi) is 3.66. The van der Waals surface area contributed by atoms with E-state index in [1.807, 2.05) is 24.3 Å². The number of hydrogen-bond acceptors (Lipinski definition) is 3. The smallest absolute Gasteiger partial charge is 0.129 e. The largest absolute Gasteiger partial charge is 0.493 e. The molecule has 2 unspecified atom stereocenters. The Bertz CT molecular complexity index is 646. The van der Waals surface area contributed by atoms with Crippen molar-refractivity contribution >= 4 is 0 Å². The Morgan fingerprint density at radius 1 is 1.19 bits per heavy atom. The van der Waals surface area contributed by atoms with Crippen molar-refractivity contribution in [2.75, 3.05) is 13.2 Å². The van der Waals surface area contributed by atoms with Crippen molar-refractivity contribution in [2.24, 2.45) is 5.73 Å². The molecule has 21 heavy (non-hydrogen) atoms. The molecule has 3 N–H and O–H groups in total. The molecule has 110 valence electrons. The van der Waals surface area contributed by atoms with Crippen LogP contribution in [0.25, 0.3) is 0 Å². The van der Waals surface area contributed by atoms with Crippen molar-refractivity contribution in [3.05, 3.63) is 65.5 Å². The van der Waals surface area contributed by atoms with Crippen LogP contribution in [0.1, 0.15) is 23.7 Å². The van der Waals surface area contributed by atoms with Gasteiger partial charge >= 0.3 is 0 Å². The van der Waals surface area contributed by atoms with Crippen molar-refractivity contribution in [3.63, 3.8) is 0 Å². The van der Waals surface area contributed by atoms with Crippen LogP contribution >= 0.6 is 0 Å². The van der Waals surface area contributed by atoms with E-state index in [0.717, 1.165) is 5.56 Å². The molecule has 1 aliphatic rings. The Morgan fingerprint density at radius 3 is 2.67 bits per heavy atom. The lowest BCUT2D eigenvalue weighted by Crippen LogP contribution is -2.45. The third-order valence-corrected chi connectivity index (χ3v) is 4.32. The van der Waals surface area contributed by atoms with Gasteiger partial charge in [0.05, 0.1) is 12.7 Å². The minimum absolute atomic E-state index is 0.225. The second-order valence-electron chi connectivity index (χ2n) is 5.38. The summed E-state index contributed by atoms with van der Waals surface area (Å²) in [5, 5.41) is 10.8. The number of hydrogen-bond donors (Lipinski definition) is 2. The van der Waals surface area contributed by atoms with Crippen LogP contribution in [0.3, 0.4) is 0 Å². The molecule has 2 atom stereocenters. The van der Waals surface area contributed by atoms with Gasteiger partial charge in [-0.3, -0.25) is 0 Å². The van der Waals surface area contributed by atoms with Gasteiger partial charge in [0, 0.05) is 23.1 Å². The molecule has 0 bridgehead atoms. The van der Waals surface area contributed by atoms with E-state index >= 15 is 0 Å². The van der Waals surface area contributed by atoms with Crippen LogP contribution < -0.4 is 10.5 Å². The van der Waals surface area contributed by atoms with Gasteiger partial charge in [-0.2, -0.15) is 0 Å². The number of aliphatic hydroxyl groups excluding tert-OH is 1. The van der Waals surface area contributed by atoms with E-state index in [0.29, 0.717) is 18.8 Å². The summed E-state index contributed by atoms with van der Waals surface area (Å²) in [6.45, 7) is 0.683. The first kappa shape index (κ1) is 14.0. The summed E-state index contributed by atoms with van der Waals surface area (Å²) in [6, 6.07) is 13.8. The molecule has 1 aliphatic heterocycles. The van der Waals surface area contributed by atoms with Crippen LogP contribution in [0.4, 0.5) is 4.39 Å². The minimum atomic E-state index is -1.01. The maximum Gasteiger partial charge on any atom is 0.129 e. The van der Waals surface area contributed by atoms with Crippen molar-refractivity contribution in [1.82, 2.24) is 0 Å². The minimum Gasteiger partial charge on any atom is -0.493 e. The van der Waals surface area contributed by atoms with Gasteiger partial charge < -0.3 is 15.6 Å². The van der Waals surface area contributed by atoms with Crippen molar-refractivity contribution in [1.29, 1.82) is 0 Å². The zero-order valence-corrected chi connectivity index (χ0v) is 11.6. The molecule has 0 spiro atoms. The van der Waals surface area contributed by atoms with Crippen molar-refractivity contribution in [3.8, 4) is 5.75 Å². The van der Waals surface area contributed by atoms with E-state index in [4.69, 9.17) is 10.5 Å². The normalized spacial score (nSPS) is 22.2. The van der Waals surface area contributed by atoms with E-state index in [9.17, 15) is 9.50 Å². The fourth-order valence-electron chi connectivity index (χ4n) is 3.08. The van der Waals surface area contributed by atoms with Gasteiger partial charge in [0.2, 0.25) is 0 Å². The molecular weight excluding hydrogens is 269 g/mol. The van der Waals surface area contributed by atoms with Gasteiger partial charge in [-0.15, -0.1) is 0 Å². The Morgan fingerprint density at radius 2 is 1.90 bits per heavy atom. The number of benzene rings is 2. The quantitative estimate of drug-likeness (QED) is 0.912. The summed E-state index contributed by atoms with van der Waals surface area (Å²) in [6.07, 6.45) is -0.454. The Balaban J connectivity index is 2.12. The summed E-state index contributed by atoms with van der Waals surface area (Å²) in [5.74, 6) is 0.298. The number of fused-ring (bicyclic) bond motifs is 1. The fourth-order valence-corrected chi connectivity index (χ4v) is 3.08. The number of rotatable bonds is 3. The molecule has 2 aromatic carbocycles. The van der Waals surface area contributed by atoms with Gasteiger partial charge in [0.25, 0.3) is 0 Å². The van der Waals surface area contributed by atoms with Crippen LogP contribution in [0.5, 0.6) is 5.75 Å². The highest BCUT2D eigenvalue weighted by Gasteiger charge is 2.44. The Labute approximate surface area is 123 Å². The molecule has 0 aromatic heterocycles. The first-order valence-electron chi connectivity index (χ1n) is 7.04. The second-order valence-corrected chi connectivity index (χ2v) is 5.38. The number of para-hydroxylation sites is 1. The molecule has 1 heterocycles. The average molecular weight is 287 g/mol. The average Bonchev–Trinajstić information content (AvgIpc) is 2.54. The first-order chi connectivity index (χ1) is 10.2. The van der Waals surface area contributed by atoms with Crippen LogP contribution in [0.15, 0.2) is 48.5 Å². The SMILES string of the molecule is NCC1(C(O)c2ccccc2F)CCOc2ccccc21. The standard InChI is InChI=1S/C17H18FNO2/c18-14-7-3-1-5-12(14)16(20)17(11-19)9-10-21-15-8-4-2-6-13(15)17/h1-8,16,20H,9-11,19H2. The molecule has 0 aliphatic carbocycles. The highest BCUT2D eigenvalue weighted by atomic mass is 19.1. The highest BCUT2D eigenvalue weighted by molar-refractivity contribution is 5.44. The van der Waals surface area contributed by atoms with Crippen LogP contribution in [-0.2, 0) is 5.41 Å². The van der Waals surface area contributed by atoms with Crippen LogP contribution in [0, 0.1) is 5.82 Å². The number of ether oxygens (including phenoxy) is 1. The van der Waals surface area contributed by atoms with Gasteiger partial charge in [0.1, 0.15) is 11.6 Å². The third kappa shape index (κ3) is 2.20. The molecule has 3 nitrogen and oxygen atoms in total. The summed E-state index contributed by atoms with van der Waals surface area (Å²) in [5.41, 5.74) is 6.40. The molecule has 0 amide bonds. The van der Waals surface area contributed by atoms with E-state index in [1.54, 1.807) is 18.2 Å². The van der Waals surface area contributed by atoms with E-state index < -0.39 is 17.3 Å². The second kappa shape index (κ2) is 5.47. The molecule has 3 rings (SSSR count). The van der Waals surface area contributed by atoms with Crippen LogP contribution in [-0.4, -0.2) is 18.3 Å². The number of nitrogens with two attached hydrogens (primary N) is 1. The van der Waals surface area contributed by atoms with Gasteiger partial charge in [-0.25, -0.2) is 4.39 Å². The molecule has 0 radical (unpaired) electrons. The molecule has 0 saturated carbocycles.